The van der Waals surface area contributed by atoms with Gasteiger partial charge in [0.05, 0.1) is 12.7 Å². The number of nitrogens with zero attached hydrogens (tertiary/aromatic N) is 3. The van der Waals surface area contributed by atoms with Crippen molar-refractivity contribution in [2.24, 2.45) is 5.73 Å². The van der Waals surface area contributed by atoms with Crippen LogP contribution in [0.1, 0.15) is 31.3 Å². The number of aryl methyl sites for hydroxylation is 1. The highest BCUT2D eigenvalue weighted by molar-refractivity contribution is 5.41. The van der Waals surface area contributed by atoms with Gasteiger partial charge in [0, 0.05) is 31.4 Å². The van der Waals surface area contributed by atoms with Crippen molar-refractivity contribution in [2.75, 3.05) is 31.1 Å². The van der Waals surface area contributed by atoms with Crippen LogP contribution in [0.5, 0.6) is 0 Å². The first-order valence-corrected chi connectivity index (χ1v) is 6.52. The Hall–Kier alpha value is -1.20. The molecule has 0 aliphatic carbocycles. The van der Waals surface area contributed by atoms with E-state index in [0.29, 0.717) is 19.1 Å². The topological polar surface area (TPSA) is 64.3 Å². The average molecular weight is 250 g/mol. The summed E-state index contributed by atoms with van der Waals surface area (Å²) >= 11 is 0. The molecule has 2 N–H and O–H groups in total. The summed E-state index contributed by atoms with van der Waals surface area (Å²) in [6.07, 6.45) is 0.108. The third-order valence-electron chi connectivity index (χ3n) is 3.16. The van der Waals surface area contributed by atoms with Gasteiger partial charge in [-0.2, -0.15) is 0 Å². The third kappa shape index (κ3) is 2.97. The molecule has 0 bridgehead atoms. The van der Waals surface area contributed by atoms with E-state index in [-0.39, 0.29) is 6.10 Å². The molecule has 0 spiro atoms. The van der Waals surface area contributed by atoms with Gasteiger partial charge in [-0.3, -0.25) is 0 Å². The molecule has 5 nitrogen and oxygen atoms in total. The lowest BCUT2D eigenvalue weighted by atomic mass is 10.1. The van der Waals surface area contributed by atoms with Gasteiger partial charge in [-0.05, 0) is 12.8 Å². The van der Waals surface area contributed by atoms with E-state index in [2.05, 4.69) is 34.8 Å². The number of hydrogen-bond acceptors (Lipinski definition) is 5. The molecule has 1 fully saturated rings. The van der Waals surface area contributed by atoms with Crippen LogP contribution in [0.4, 0.5) is 5.82 Å². The molecule has 1 aliphatic heterocycles. The van der Waals surface area contributed by atoms with Gasteiger partial charge in [-0.15, -0.1) is 0 Å². The molecular formula is C13H22N4O. The Bertz CT molecular complexity index is 408. The van der Waals surface area contributed by atoms with Crippen molar-refractivity contribution in [3.8, 4) is 0 Å². The normalized spacial score (nSPS) is 20.5. The number of morpholine rings is 1. The van der Waals surface area contributed by atoms with Crippen LogP contribution in [0.15, 0.2) is 6.07 Å². The quantitative estimate of drug-likeness (QED) is 0.869. The first-order valence-electron chi connectivity index (χ1n) is 6.52. The summed E-state index contributed by atoms with van der Waals surface area (Å²) in [5.74, 6) is 2.23. The van der Waals surface area contributed by atoms with Crippen molar-refractivity contribution in [3.63, 3.8) is 0 Å². The summed E-state index contributed by atoms with van der Waals surface area (Å²) in [6.45, 7) is 9.17. The van der Waals surface area contributed by atoms with Gasteiger partial charge in [-0.25, -0.2) is 9.97 Å². The summed E-state index contributed by atoms with van der Waals surface area (Å²) < 4.78 is 5.58. The van der Waals surface area contributed by atoms with Crippen molar-refractivity contribution in [1.29, 1.82) is 0 Å². The zero-order chi connectivity index (χ0) is 13.1. The fourth-order valence-electron chi connectivity index (χ4n) is 2.10. The van der Waals surface area contributed by atoms with E-state index < -0.39 is 0 Å². The van der Waals surface area contributed by atoms with Crippen LogP contribution < -0.4 is 10.6 Å². The van der Waals surface area contributed by atoms with E-state index in [4.69, 9.17) is 10.5 Å². The van der Waals surface area contributed by atoms with Gasteiger partial charge in [0.1, 0.15) is 11.6 Å². The number of nitrogens with two attached hydrogens (primary N) is 1. The summed E-state index contributed by atoms with van der Waals surface area (Å²) in [6, 6.07) is 2.08. The molecule has 1 aromatic heterocycles. The van der Waals surface area contributed by atoms with Crippen LogP contribution >= 0.6 is 0 Å². The van der Waals surface area contributed by atoms with Crippen molar-refractivity contribution in [1.82, 2.24) is 9.97 Å². The van der Waals surface area contributed by atoms with E-state index in [9.17, 15) is 0 Å². The predicted octanol–water partition coefficient (Wildman–Crippen LogP) is 1.07. The fraction of sp³-hybridized carbons (Fsp3) is 0.692. The summed E-state index contributed by atoms with van der Waals surface area (Å²) in [5, 5.41) is 0. The lowest BCUT2D eigenvalue weighted by Crippen LogP contribution is -2.46. The second-order valence-electron chi connectivity index (χ2n) is 5.03. The second-order valence-corrected chi connectivity index (χ2v) is 5.03. The van der Waals surface area contributed by atoms with Crippen molar-refractivity contribution >= 4 is 5.82 Å². The molecule has 1 aliphatic rings. The molecule has 100 valence electrons. The Labute approximate surface area is 108 Å². The van der Waals surface area contributed by atoms with Crippen molar-refractivity contribution < 1.29 is 4.74 Å². The molecule has 0 radical (unpaired) electrons. The zero-order valence-corrected chi connectivity index (χ0v) is 11.4. The molecular weight excluding hydrogens is 228 g/mol. The zero-order valence-electron chi connectivity index (χ0n) is 11.4. The fourth-order valence-corrected chi connectivity index (χ4v) is 2.10. The van der Waals surface area contributed by atoms with Crippen LogP contribution in [0, 0.1) is 6.92 Å². The lowest BCUT2D eigenvalue weighted by molar-refractivity contribution is 0.0463. The minimum atomic E-state index is 0.108. The molecule has 1 aromatic rings. The van der Waals surface area contributed by atoms with Crippen LogP contribution in [-0.4, -0.2) is 42.3 Å². The standard InChI is InChI=1S/C13H22N4O/c1-9(2)12-6-13(16-10(3)15-12)17-4-5-18-11(7-14)8-17/h6,9,11H,4-5,7-8,14H2,1-3H3/t11-/m1/s1. The van der Waals surface area contributed by atoms with Crippen LogP contribution in [-0.2, 0) is 4.74 Å². The van der Waals surface area contributed by atoms with Crippen LogP contribution in [0.3, 0.4) is 0 Å². The molecule has 2 rings (SSSR count). The van der Waals surface area contributed by atoms with Gasteiger partial charge in [0.25, 0.3) is 0 Å². The lowest BCUT2D eigenvalue weighted by Gasteiger charge is -2.33. The third-order valence-corrected chi connectivity index (χ3v) is 3.16. The first-order chi connectivity index (χ1) is 8.60. The number of aromatic nitrogens is 2. The molecule has 18 heavy (non-hydrogen) atoms. The highest BCUT2D eigenvalue weighted by Crippen LogP contribution is 2.20. The molecule has 0 saturated carbocycles. The van der Waals surface area contributed by atoms with E-state index in [1.54, 1.807) is 0 Å². The maximum Gasteiger partial charge on any atom is 0.132 e. The number of hydrogen-bond donors (Lipinski definition) is 1. The maximum atomic E-state index is 5.67. The Morgan fingerprint density at radius 3 is 2.94 bits per heavy atom. The van der Waals surface area contributed by atoms with E-state index in [1.807, 2.05) is 6.92 Å². The number of anilines is 1. The molecule has 1 atom stereocenters. The largest absolute Gasteiger partial charge is 0.373 e. The number of ether oxygens (including phenoxy) is 1. The Morgan fingerprint density at radius 2 is 2.28 bits per heavy atom. The molecule has 0 aromatic carbocycles. The van der Waals surface area contributed by atoms with Crippen molar-refractivity contribution in [2.45, 2.75) is 32.8 Å². The Morgan fingerprint density at radius 1 is 1.50 bits per heavy atom. The highest BCUT2D eigenvalue weighted by Gasteiger charge is 2.21. The van der Waals surface area contributed by atoms with Gasteiger partial charge in [0.15, 0.2) is 0 Å². The summed E-state index contributed by atoms with van der Waals surface area (Å²) in [4.78, 5) is 11.2. The molecule has 2 heterocycles. The molecule has 5 heteroatoms. The van der Waals surface area contributed by atoms with Gasteiger partial charge < -0.3 is 15.4 Å². The first kappa shape index (κ1) is 13.2. The summed E-state index contributed by atoms with van der Waals surface area (Å²) in [5.41, 5.74) is 6.76. The van der Waals surface area contributed by atoms with Gasteiger partial charge >= 0.3 is 0 Å². The average Bonchev–Trinajstić information content (AvgIpc) is 2.38. The smallest absolute Gasteiger partial charge is 0.132 e. The summed E-state index contributed by atoms with van der Waals surface area (Å²) in [7, 11) is 0. The maximum absolute atomic E-state index is 5.67. The minimum absolute atomic E-state index is 0.108. The van der Waals surface area contributed by atoms with E-state index >= 15 is 0 Å². The van der Waals surface area contributed by atoms with Crippen LogP contribution in [0.25, 0.3) is 0 Å². The van der Waals surface area contributed by atoms with Crippen LogP contribution in [0.2, 0.25) is 0 Å². The highest BCUT2D eigenvalue weighted by atomic mass is 16.5. The second kappa shape index (κ2) is 5.63. The van der Waals surface area contributed by atoms with Crippen molar-refractivity contribution in [3.05, 3.63) is 17.6 Å². The molecule has 0 amide bonds. The van der Waals surface area contributed by atoms with Gasteiger partial charge in [0.2, 0.25) is 0 Å². The Balaban J connectivity index is 2.21. The molecule has 1 saturated heterocycles. The SMILES string of the molecule is Cc1nc(C(C)C)cc(N2CCO[C@H](CN)C2)n1. The predicted molar refractivity (Wildman–Crippen MR) is 71.9 cm³/mol. The van der Waals surface area contributed by atoms with E-state index in [0.717, 1.165) is 30.4 Å². The van der Waals surface area contributed by atoms with Gasteiger partial charge in [-0.1, -0.05) is 13.8 Å². The number of rotatable bonds is 3. The monoisotopic (exact) mass is 250 g/mol. The minimum Gasteiger partial charge on any atom is -0.373 e. The molecule has 0 unspecified atom stereocenters. The Kier molecular flexibility index (Phi) is 4.14. The van der Waals surface area contributed by atoms with E-state index in [1.165, 1.54) is 0 Å².